The van der Waals surface area contributed by atoms with E-state index < -0.39 is 5.91 Å². The molecule has 2 rings (SSSR count). The summed E-state index contributed by atoms with van der Waals surface area (Å²) in [6.45, 7) is 0. The molecule has 4 nitrogen and oxygen atoms in total. The van der Waals surface area contributed by atoms with Crippen LogP contribution in [0.15, 0.2) is 36.4 Å². The molecule has 4 N–H and O–H groups in total. The van der Waals surface area contributed by atoms with Crippen LogP contribution in [0.1, 0.15) is 15.9 Å². The van der Waals surface area contributed by atoms with Crippen molar-refractivity contribution in [3.05, 3.63) is 56.1 Å². The zero-order valence-corrected chi connectivity index (χ0v) is 14.3. The first-order chi connectivity index (χ1) is 9.88. The monoisotopic (exact) mass is 432 g/mol. The molecule has 0 fully saturated rings. The van der Waals surface area contributed by atoms with E-state index in [1.165, 1.54) is 6.07 Å². The van der Waals surface area contributed by atoms with Gasteiger partial charge in [0.25, 0.3) is 5.91 Å². The Hall–Kier alpha value is -1.38. The number of halogens is 2. The molecule has 0 spiro atoms. The number of nitrogens with one attached hydrogen (secondary N) is 1. The van der Waals surface area contributed by atoms with E-state index in [0.717, 1.165) is 3.57 Å². The maximum Gasteiger partial charge on any atom is 0.259 e. The second kappa shape index (κ2) is 6.59. The number of amides is 1. The average Bonchev–Trinajstić information content (AvgIpc) is 2.43. The molecule has 0 saturated carbocycles. The van der Waals surface area contributed by atoms with E-state index in [4.69, 9.17) is 29.6 Å². The Kier molecular flexibility index (Phi) is 5.02. The van der Waals surface area contributed by atoms with Gasteiger partial charge in [0.1, 0.15) is 10.7 Å². The van der Waals surface area contributed by atoms with E-state index in [0.29, 0.717) is 16.3 Å². The van der Waals surface area contributed by atoms with Crippen LogP contribution in [0.5, 0.6) is 5.75 Å². The number of anilines is 1. The maximum atomic E-state index is 12.2. The molecule has 0 aromatic heterocycles. The van der Waals surface area contributed by atoms with Crippen molar-refractivity contribution in [2.75, 3.05) is 5.32 Å². The highest BCUT2D eigenvalue weighted by molar-refractivity contribution is 14.1. The second-order valence-corrected chi connectivity index (χ2v) is 6.27. The first-order valence-corrected chi connectivity index (χ1v) is 7.64. The zero-order chi connectivity index (χ0) is 15.6. The van der Waals surface area contributed by atoms with E-state index in [2.05, 4.69) is 27.9 Å². The fourth-order valence-corrected chi connectivity index (χ4v) is 2.50. The van der Waals surface area contributed by atoms with Gasteiger partial charge in [0.15, 0.2) is 0 Å². The largest absolute Gasteiger partial charge is 0.507 e. The van der Waals surface area contributed by atoms with Crippen LogP contribution >= 0.6 is 46.4 Å². The highest BCUT2D eigenvalue weighted by Gasteiger charge is 2.13. The topological polar surface area (TPSA) is 75.3 Å². The van der Waals surface area contributed by atoms with Gasteiger partial charge in [0.2, 0.25) is 0 Å². The molecule has 0 radical (unpaired) electrons. The summed E-state index contributed by atoms with van der Waals surface area (Å²) in [5.74, 6) is -0.542. The van der Waals surface area contributed by atoms with Crippen LogP contribution < -0.4 is 11.1 Å². The third-order valence-corrected chi connectivity index (χ3v) is 3.92. The Morgan fingerprint density at radius 1 is 1.29 bits per heavy atom. The highest BCUT2D eigenvalue weighted by atomic mass is 127. The van der Waals surface area contributed by atoms with Gasteiger partial charge in [0, 0.05) is 9.13 Å². The van der Waals surface area contributed by atoms with Crippen molar-refractivity contribution in [2.24, 2.45) is 5.73 Å². The molecule has 0 bridgehead atoms. The van der Waals surface area contributed by atoms with E-state index >= 15 is 0 Å². The number of rotatable bonds is 3. The normalized spacial score (nSPS) is 10.2. The van der Waals surface area contributed by atoms with E-state index in [1.807, 2.05) is 0 Å². The summed E-state index contributed by atoms with van der Waals surface area (Å²) in [7, 11) is 0. The summed E-state index contributed by atoms with van der Waals surface area (Å²) in [4.78, 5) is 12.4. The molecule has 0 unspecified atom stereocenters. The van der Waals surface area contributed by atoms with Gasteiger partial charge in [-0.25, -0.2) is 0 Å². The van der Waals surface area contributed by atoms with Gasteiger partial charge in [-0.1, -0.05) is 23.8 Å². The Bertz CT molecular complexity index is 737. The van der Waals surface area contributed by atoms with Gasteiger partial charge in [-0.15, -0.1) is 0 Å². The molecule has 0 aliphatic rings. The molecule has 108 valence electrons. The molecule has 2 aromatic rings. The molecule has 0 aliphatic heterocycles. The minimum Gasteiger partial charge on any atom is -0.507 e. The van der Waals surface area contributed by atoms with Gasteiger partial charge in [-0.2, -0.15) is 0 Å². The molecule has 21 heavy (non-hydrogen) atoms. The van der Waals surface area contributed by atoms with Crippen molar-refractivity contribution >= 4 is 63.0 Å². The first kappa shape index (κ1) is 16.0. The summed E-state index contributed by atoms with van der Waals surface area (Å²) < 4.78 is 0.838. The lowest BCUT2D eigenvalue weighted by atomic mass is 10.1. The fraction of sp³-hybridized carbons (Fsp3) is 0. The molecule has 2 aromatic carbocycles. The number of phenolic OH excluding ortho intramolecular Hbond substituents is 1. The van der Waals surface area contributed by atoms with Gasteiger partial charge in [-0.05, 0) is 59.0 Å². The molecule has 1 amide bonds. The number of hydrogen-bond acceptors (Lipinski definition) is 3. The van der Waals surface area contributed by atoms with Gasteiger partial charge in [0.05, 0.1) is 16.3 Å². The van der Waals surface area contributed by atoms with E-state index in [9.17, 15) is 9.90 Å². The number of hydrogen-bond donors (Lipinski definition) is 3. The predicted molar refractivity (Wildman–Crippen MR) is 96.1 cm³/mol. The molecule has 0 aliphatic carbocycles. The summed E-state index contributed by atoms with van der Waals surface area (Å²) in [6, 6.07) is 9.61. The smallest absolute Gasteiger partial charge is 0.259 e. The summed E-state index contributed by atoms with van der Waals surface area (Å²) in [5.41, 5.74) is 6.72. The molecule has 0 atom stereocenters. The van der Waals surface area contributed by atoms with Crippen LogP contribution in [0.2, 0.25) is 5.02 Å². The Morgan fingerprint density at radius 3 is 2.62 bits per heavy atom. The van der Waals surface area contributed by atoms with E-state index in [1.54, 1.807) is 30.3 Å². The zero-order valence-electron chi connectivity index (χ0n) is 10.6. The highest BCUT2D eigenvalue weighted by Crippen LogP contribution is 2.26. The molecule has 0 heterocycles. The number of carbonyl (C=O) groups excluding carboxylic acids is 1. The molecule has 0 saturated heterocycles. The summed E-state index contributed by atoms with van der Waals surface area (Å²) >= 11 is 13.0. The predicted octanol–water partition coefficient (Wildman–Crippen LogP) is 3.54. The minimum absolute atomic E-state index is 0.0937. The van der Waals surface area contributed by atoms with Crippen molar-refractivity contribution in [2.45, 2.75) is 0 Å². The van der Waals surface area contributed by atoms with Crippen molar-refractivity contribution in [1.29, 1.82) is 0 Å². The lowest BCUT2D eigenvalue weighted by Crippen LogP contribution is -2.14. The third kappa shape index (κ3) is 3.84. The fourth-order valence-electron chi connectivity index (χ4n) is 1.65. The minimum atomic E-state index is -0.448. The van der Waals surface area contributed by atoms with Crippen LogP contribution in [0.3, 0.4) is 0 Å². The number of phenols is 1. The average molecular weight is 433 g/mol. The number of thiocarbonyl (C=S) groups is 1. The molecule has 7 heteroatoms. The van der Waals surface area contributed by atoms with Gasteiger partial charge >= 0.3 is 0 Å². The molecular formula is C14H10ClIN2O2S. The number of benzene rings is 2. The Morgan fingerprint density at radius 2 is 2.00 bits per heavy atom. The van der Waals surface area contributed by atoms with Crippen molar-refractivity contribution in [3.8, 4) is 5.75 Å². The SMILES string of the molecule is NC(=S)c1ccc(NC(=O)c2cc(I)ccc2O)c(Cl)c1. The Balaban J connectivity index is 2.27. The number of aromatic hydroxyl groups is 1. The maximum absolute atomic E-state index is 12.2. The van der Waals surface area contributed by atoms with Gasteiger partial charge in [-0.3, -0.25) is 4.79 Å². The van der Waals surface area contributed by atoms with Crippen molar-refractivity contribution in [3.63, 3.8) is 0 Å². The summed E-state index contributed by atoms with van der Waals surface area (Å²) in [6.07, 6.45) is 0. The summed E-state index contributed by atoms with van der Waals surface area (Å²) in [5, 5.41) is 12.7. The standard InChI is InChI=1S/C14H10ClIN2O2S/c15-10-5-7(13(17)21)1-3-11(10)18-14(20)9-6-8(16)2-4-12(9)19/h1-6,19H,(H2,17,21)(H,18,20). The lowest BCUT2D eigenvalue weighted by Gasteiger charge is -2.10. The number of nitrogens with two attached hydrogens (primary N) is 1. The Labute approximate surface area is 145 Å². The van der Waals surface area contributed by atoms with Crippen LogP contribution in [-0.2, 0) is 0 Å². The van der Waals surface area contributed by atoms with Crippen LogP contribution in [-0.4, -0.2) is 16.0 Å². The third-order valence-electron chi connectivity index (χ3n) is 2.71. The van der Waals surface area contributed by atoms with Crippen LogP contribution in [0, 0.1) is 3.57 Å². The van der Waals surface area contributed by atoms with Gasteiger partial charge < -0.3 is 16.2 Å². The lowest BCUT2D eigenvalue weighted by molar-refractivity contribution is 0.102. The molecular weight excluding hydrogens is 423 g/mol. The second-order valence-electron chi connectivity index (χ2n) is 4.17. The quantitative estimate of drug-likeness (QED) is 0.512. The first-order valence-electron chi connectivity index (χ1n) is 5.77. The van der Waals surface area contributed by atoms with Crippen molar-refractivity contribution in [1.82, 2.24) is 0 Å². The number of carbonyl (C=O) groups is 1. The van der Waals surface area contributed by atoms with Crippen LogP contribution in [0.25, 0.3) is 0 Å². The van der Waals surface area contributed by atoms with Crippen LogP contribution in [0.4, 0.5) is 5.69 Å². The van der Waals surface area contributed by atoms with Crippen molar-refractivity contribution < 1.29 is 9.90 Å². The van der Waals surface area contributed by atoms with E-state index in [-0.39, 0.29) is 16.3 Å².